The zero-order valence-electron chi connectivity index (χ0n) is 15.0. The molecule has 0 amide bonds. The molecule has 138 valence electrons. The Labute approximate surface area is 160 Å². The Bertz CT molecular complexity index is 1100. The lowest BCUT2D eigenvalue weighted by atomic mass is 10.1. The molecule has 0 aliphatic carbocycles. The van der Waals surface area contributed by atoms with E-state index in [0.717, 1.165) is 5.39 Å². The van der Waals surface area contributed by atoms with Crippen molar-refractivity contribution in [1.29, 1.82) is 5.26 Å². The highest BCUT2D eigenvalue weighted by Gasteiger charge is 2.14. The van der Waals surface area contributed by atoms with Gasteiger partial charge in [0.1, 0.15) is 23.2 Å². The molecule has 2 heterocycles. The van der Waals surface area contributed by atoms with Crippen LogP contribution in [0, 0.1) is 11.3 Å². The van der Waals surface area contributed by atoms with Crippen molar-refractivity contribution in [2.75, 3.05) is 19.5 Å². The van der Waals surface area contributed by atoms with Gasteiger partial charge >= 0.3 is 0 Å². The minimum absolute atomic E-state index is 0.223. The molecule has 1 aromatic carbocycles. The van der Waals surface area contributed by atoms with E-state index >= 15 is 0 Å². The third-order valence-electron chi connectivity index (χ3n) is 4.15. The molecule has 3 aromatic rings. The number of nitrogens with one attached hydrogen (secondary N) is 2. The van der Waals surface area contributed by atoms with E-state index in [2.05, 4.69) is 15.3 Å². The highest BCUT2D eigenvalue weighted by atomic mass is 35.5. The van der Waals surface area contributed by atoms with Gasteiger partial charge in [0.15, 0.2) is 0 Å². The van der Waals surface area contributed by atoms with Gasteiger partial charge in [-0.05, 0) is 31.2 Å². The summed E-state index contributed by atoms with van der Waals surface area (Å²) in [6.07, 6.45) is 0. The molecule has 0 unspecified atom stereocenters. The summed E-state index contributed by atoms with van der Waals surface area (Å²) in [6.45, 7) is 1.84. The second kappa shape index (κ2) is 7.56. The van der Waals surface area contributed by atoms with E-state index in [1.807, 2.05) is 13.0 Å². The van der Waals surface area contributed by atoms with Crippen molar-refractivity contribution in [3.63, 3.8) is 0 Å². The summed E-state index contributed by atoms with van der Waals surface area (Å²) in [6, 6.07) is 10.1. The smallest absolute Gasteiger partial charge is 0.253 e. The Kier molecular flexibility index (Phi) is 5.19. The fourth-order valence-electron chi connectivity index (χ4n) is 2.76. The summed E-state index contributed by atoms with van der Waals surface area (Å²) in [7, 11) is 2.97. The molecule has 0 saturated heterocycles. The average molecular weight is 385 g/mol. The SMILES string of the molecule is COc1cc2[nH]c(=O)c([C@H](C)Nc3ccc(C#N)c(OC)n3)cc2cc1Cl. The molecule has 0 radical (unpaired) electrons. The predicted octanol–water partition coefficient (Wildman–Crippen LogP) is 3.64. The number of nitrogens with zero attached hydrogens (tertiary/aromatic N) is 2. The number of rotatable bonds is 5. The third-order valence-corrected chi connectivity index (χ3v) is 4.45. The van der Waals surface area contributed by atoms with Crippen molar-refractivity contribution in [3.05, 3.63) is 56.8 Å². The number of ether oxygens (including phenoxy) is 2. The maximum atomic E-state index is 12.5. The largest absolute Gasteiger partial charge is 0.495 e. The van der Waals surface area contributed by atoms with E-state index in [4.69, 9.17) is 26.3 Å². The van der Waals surface area contributed by atoms with Gasteiger partial charge in [0.2, 0.25) is 5.88 Å². The van der Waals surface area contributed by atoms with Crippen LogP contribution in [0.4, 0.5) is 5.82 Å². The van der Waals surface area contributed by atoms with Gasteiger partial charge in [-0.2, -0.15) is 10.2 Å². The third kappa shape index (κ3) is 3.66. The molecular formula is C19H17ClN4O3. The maximum absolute atomic E-state index is 12.5. The number of hydrogen-bond acceptors (Lipinski definition) is 6. The summed E-state index contributed by atoms with van der Waals surface area (Å²) in [5, 5.41) is 13.4. The Balaban J connectivity index is 1.96. The van der Waals surface area contributed by atoms with Gasteiger partial charge < -0.3 is 19.8 Å². The van der Waals surface area contributed by atoms with E-state index in [0.29, 0.717) is 33.2 Å². The quantitative estimate of drug-likeness (QED) is 0.696. The second-order valence-electron chi connectivity index (χ2n) is 5.86. The highest BCUT2D eigenvalue weighted by molar-refractivity contribution is 6.32. The number of H-pyrrole nitrogens is 1. The van der Waals surface area contributed by atoms with Crippen LogP contribution in [0.3, 0.4) is 0 Å². The zero-order valence-corrected chi connectivity index (χ0v) is 15.7. The van der Waals surface area contributed by atoms with Crippen molar-refractivity contribution < 1.29 is 9.47 Å². The van der Waals surface area contributed by atoms with Crippen LogP contribution in [-0.2, 0) is 0 Å². The Morgan fingerprint density at radius 2 is 2.04 bits per heavy atom. The standard InChI is InChI=1S/C19H17ClN4O3/c1-10(22-17-5-4-11(9-21)19(24-17)27-3)13-6-12-7-14(20)16(26-2)8-15(12)23-18(13)25/h4-8,10H,1-3H3,(H,22,24)(H,23,25)/t10-/m0/s1. The first kappa shape index (κ1) is 18.5. The molecule has 0 aliphatic heterocycles. The number of pyridine rings is 2. The molecule has 2 N–H and O–H groups in total. The van der Waals surface area contributed by atoms with Gasteiger partial charge in [0, 0.05) is 17.0 Å². The molecule has 27 heavy (non-hydrogen) atoms. The summed E-state index contributed by atoms with van der Waals surface area (Å²) >= 11 is 6.18. The first-order valence-corrected chi connectivity index (χ1v) is 8.46. The number of aromatic amines is 1. The van der Waals surface area contributed by atoms with Crippen LogP contribution in [0.25, 0.3) is 10.9 Å². The number of nitriles is 1. The monoisotopic (exact) mass is 384 g/mol. The molecule has 8 heteroatoms. The summed E-state index contributed by atoms with van der Waals surface area (Å²) in [5.41, 5.74) is 1.26. The average Bonchev–Trinajstić information content (AvgIpc) is 2.67. The highest BCUT2D eigenvalue weighted by Crippen LogP contribution is 2.29. The Hall–Kier alpha value is -3.24. The van der Waals surface area contributed by atoms with Crippen LogP contribution in [0.1, 0.15) is 24.1 Å². The number of methoxy groups -OCH3 is 2. The number of aromatic nitrogens is 2. The van der Waals surface area contributed by atoms with E-state index in [1.165, 1.54) is 14.2 Å². The zero-order chi connectivity index (χ0) is 19.6. The number of hydrogen-bond donors (Lipinski definition) is 2. The minimum Gasteiger partial charge on any atom is -0.495 e. The topological polar surface area (TPSA) is 100 Å². The molecule has 0 fully saturated rings. The molecule has 0 bridgehead atoms. The van der Waals surface area contributed by atoms with Crippen molar-refractivity contribution in [2.45, 2.75) is 13.0 Å². The number of fused-ring (bicyclic) bond motifs is 1. The molecule has 2 aromatic heterocycles. The fourth-order valence-corrected chi connectivity index (χ4v) is 3.01. The fraction of sp³-hybridized carbons (Fsp3) is 0.211. The van der Waals surface area contributed by atoms with Gasteiger partial charge in [-0.15, -0.1) is 0 Å². The van der Waals surface area contributed by atoms with Crippen LogP contribution in [0.15, 0.2) is 35.1 Å². The molecule has 1 atom stereocenters. The van der Waals surface area contributed by atoms with Gasteiger partial charge in [-0.3, -0.25) is 4.79 Å². The molecule has 7 nitrogen and oxygen atoms in total. The van der Waals surface area contributed by atoms with Crippen molar-refractivity contribution in [1.82, 2.24) is 9.97 Å². The van der Waals surface area contributed by atoms with E-state index in [-0.39, 0.29) is 17.5 Å². The summed E-state index contributed by atoms with van der Waals surface area (Å²) < 4.78 is 10.3. The molecule has 0 spiro atoms. The minimum atomic E-state index is -0.343. The lowest BCUT2D eigenvalue weighted by molar-refractivity contribution is 0.397. The van der Waals surface area contributed by atoms with Crippen molar-refractivity contribution in [3.8, 4) is 17.7 Å². The van der Waals surface area contributed by atoms with Gasteiger partial charge in [-0.1, -0.05) is 11.6 Å². The molecule has 0 aliphatic rings. The molecular weight excluding hydrogens is 368 g/mol. The van der Waals surface area contributed by atoms with Crippen molar-refractivity contribution in [2.24, 2.45) is 0 Å². The van der Waals surface area contributed by atoms with Gasteiger partial charge in [0.25, 0.3) is 5.56 Å². The Morgan fingerprint density at radius 1 is 1.26 bits per heavy atom. The first-order valence-electron chi connectivity index (χ1n) is 8.09. The van der Waals surface area contributed by atoms with Crippen LogP contribution in [-0.4, -0.2) is 24.2 Å². The lowest BCUT2D eigenvalue weighted by Gasteiger charge is -2.16. The van der Waals surface area contributed by atoms with Crippen LogP contribution in [0.5, 0.6) is 11.6 Å². The van der Waals surface area contributed by atoms with E-state index in [9.17, 15) is 4.79 Å². The van der Waals surface area contributed by atoms with Crippen LogP contribution < -0.4 is 20.3 Å². The van der Waals surface area contributed by atoms with E-state index < -0.39 is 0 Å². The first-order chi connectivity index (χ1) is 13.0. The lowest BCUT2D eigenvalue weighted by Crippen LogP contribution is -2.20. The van der Waals surface area contributed by atoms with Crippen molar-refractivity contribution >= 4 is 28.3 Å². The maximum Gasteiger partial charge on any atom is 0.253 e. The second-order valence-corrected chi connectivity index (χ2v) is 6.27. The van der Waals surface area contributed by atoms with E-state index in [1.54, 1.807) is 30.3 Å². The van der Waals surface area contributed by atoms with Crippen LogP contribution >= 0.6 is 11.6 Å². The van der Waals surface area contributed by atoms with Gasteiger partial charge in [-0.25, -0.2) is 0 Å². The number of benzene rings is 1. The molecule has 0 saturated carbocycles. The number of anilines is 1. The Morgan fingerprint density at radius 3 is 2.70 bits per heavy atom. The normalized spacial score (nSPS) is 11.7. The predicted molar refractivity (Wildman–Crippen MR) is 104 cm³/mol. The molecule has 3 rings (SSSR count). The summed E-state index contributed by atoms with van der Waals surface area (Å²) in [5.74, 6) is 1.21. The van der Waals surface area contributed by atoms with Crippen LogP contribution in [0.2, 0.25) is 5.02 Å². The number of halogens is 1. The summed E-state index contributed by atoms with van der Waals surface area (Å²) in [4.78, 5) is 19.6. The van der Waals surface area contributed by atoms with Gasteiger partial charge in [0.05, 0.1) is 30.8 Å².